The fourth-order valence-corrected chi connectivity index (χ4v) is 1.64. The number of rotatable bonds is 4. The quantitative estimate of drug-likeness (QED) is 0.744. The Hall–Kier alpha value is -1.35. The Labute approximate surface area is 83.9 Å². The molecule has 0 aromatic carbocycles. The van der Waals surface area contributed by atoms with E-state index in [9.17, 15) is 0 Å². The van der Waals surface area contributed by atoms with Crippen LogP contribution in [-0.4, -0.2) is 16.1 Å². The van der Waals surface area contributed by atoms with Gasteiger partial charge in [-0.05, 0) is 37.6 Å². The maximum atomic E-state index is 5.46. The first-order valence-corrected chi connectivity index (χ1v) is 5.02. The molecule has 0 saturated carbocycles. The molecule has 0 radical (unpaired) electrons. The summed E-state index contributed by atoms with van der Waals surface area (Å²) >= 11 is 0. The van der Waals surface area contributed by atoms with Crippen LogP contribution in [0.3, 0.4) is 0 Å². The van der Waals surface area contributed by atoms with Gasteiger partial charge >= 0.3 is 0 Å². The highest BCUT2D eigenvalue weighted by Crippen LogP contribution is 2.19. The SMILES string of the molecule is NCCCCn1cccc2ccnc1-2. The van der Waals surface area contributed by atoms with Crippen LogP contribution in [0.2, 0.25) is 0 Å². The maximum Gasteiger partial charge on any atom is 0.139 e. The fourth-order valence-electron chi connectivity index (χ4n) is 1.64. The van der Waals surface area contributed by atoms with E-state index in [0.29, 0.717) is 0 Å². The first-order valence-electron chi connectivity index (χ1n) is 5.02. The average molecular weight is 189 g/mol. The summed E-state index contributed by atoms with van der Waals surface area (Å²) in [7, 11) is 0. The van der Waals surface area contributed by atoms with Gasteiger partial charge in [0.1, 0.15) is 5.82 Å². The van der Waals surface area contributed by atoms with Crippen LogP contribution in [0.15, 0.2) is 30.6 Å². The van der Waals surface area contributed by atoms with Crippen LogP contribution in [0.25, 0.3) is 11.4 Å². The number of nitrogens with zero attached hydrogens (tertiary/aromatic N) is 2. The number of hydrogen-bond acceptors (Lipinski definition) is 2. The minimum atomic E-state index is 0.769. The van der Waals surface area contributed by atoms with Crippen molar-refractivity contribution in [1.29, 1.82) is 0 Å². The van der Waals surface area contributed by atoms with Crippen LogP contribution in [0.4, 0.5) is 0 Å². The van der Waals surface area contributed by atoms with E-state index in [4.69, 9.17) is 5.73 Å². The second-order valence-electron chi connectivity index (χ2n) is 3.42. The van der Waals surface area contributed by atoms with Gasteiger partial charge in [-0.25, -0.2) is 4.98 Å². The molecule has 2 N–H and O–H groups in total. The minimum Gasteiger partial charge on any atom is -0.333 e. The predicted molar refractivity (Wildman–Crippen MR) is 57.1 cm³/mol. The monoisotopic (exact) mass is 189 g/mol. The molecule has 0 unspecified atom stereocenters. The van der Waals surface area contributed by atoms with Crippen molar-refractivity contribution < 1.29 is 0 Å². The lowest BCUT2D eigenvalue weighted by Crippen LogP contribution is -2.05. The summed E-state index contributed by atoms with van der Waals surface area (Å²) in [5.74, 6) is 1.07. The normalized spacial score (nSPS) is 10.9. The Morgan fingerprint density at radius 3 is 3.07 bits per heavy atom. The predicted octanol–water partition coefficient (Wildman–Crippen LogP) is 1.73. The highest BCUT2D eigenvalue weighted by molar-refractivity contribution is 5.56. The molecular formula is C11H15N3. The molecule has 0 aliphatic carbocycles. The summed E-state index contributed by atoms with van der Waals surface area (Å²) in [5, 5.41) is 0. The highest BCUT2D eigenvalue weighted by Gasteiger charge is 2.05. The zero-order valence-electron chi connectivity index (χ0n) is 8.19. The van der Waals surface area contributed by atoms with Crippen molar-refractivity contribution in [2.75, 3.05) is 6.54 Å². The molecule has 14 heavy (non-hydrogen) atoms. The minimum absolute atomic E-state index is 0.769. The summed E-state index contributed by atoms with van der Waals surface area (Å²) in [6.07, 6.45) is 6.12. The molecule has 0 saturated heterocycles. The largest absolute Gasteiger partial charge is 0.333 e. The molecule has 74 valence electrons. The number of fused-ring (bicyclic) bond motifs is 1. The first-order chi connectivity index (χ1) is 6.92. The molecule has 0 aromatic heterocycles. The lowest BCUT2D eigenvalue weighted by molar-refractivity contribution is 0.612. The smallest absolute Gasteiger partial charge is 0.139 e. The maximum absolute atomic E-state index is 5.46. The summed E-state index contributed by atoms with van der Waals surface area (Å²) < 4.78 is 2.19. The Morgan fingerprint density at radius 2 is 2.21 bits per heavy atom. The molecular weight excluding hydrogens is 174 g/mol. The van der Waals surface area contributed by atoms with Gasteiger partial charge in [0.05, 0.1) is 0 Å². The topological polar surface area (TPSA) is 43.8 Å². The van der Waals surface area contributed by atoms with Gasteiger partial charge in [-0.2, -0.15) is 0 Å². The Morgan fingerprint density at radius 1 is 1.29 bits per heavy atom. The summed E-state index contributed by atoms with van der Waals surface area (Å²) in [6, 6.07) is 6.18. The molecule has 2 aliphatic heterocycles. The van der Waals surface area contributed by atoms with Crippen LogP contribution in [-0.2, 0) is 6.54 Å². The third-order valence-electron chi connectivity index (χ3n) is 2.38. The number of unbranched alkanes of at least 4 members (excludes halogenated alkanes) is 1. The summed E-state index contributed by atoms with van der Waals surface area (Å²) in [5.41, 5.74) is 6.67. The van der Waals surface area contributed by atoms with Crippen LogP contribution >= 0.6 is 0 Å². The number of nitrogens with two attached hydrogens (primary N) is 1. The first kappa shape index (κ1) is 9.21. The number of aryl methyl sites for hydroxylation is 1. The highest BCUT2D eigenvalue weighted by atomic mass is 15.0. The van der Waals surface area contributed by atoms with Crippen molar-refractivity contribution in [1.82, 2.24) is 9.55 Å². The van der Waals surface area contributed by atoms with Crippen LogP contribution in [0.1, 0.15) is 12.8 Å². The van der Waals surface area contributed by atoms with Gasteiger partial charge in [0.2, 0.25) is 0 Å². The van der Waals surface area contributed by atoms with Gasteiger partial charge in [-0.3, -0.25) is 0 Å². The molecule has 0 fully saturated rings. The van der Waals surface area contributed by atoms with Crippen molar-refractivity contribution >= 4 is 0 Å². The number of pyridine rings is 1. The molecule has 0 spiro atoms. The Balaban J connectivity index is 2.13. The zero-order chi connectivity index (χ0) is 9.80. The standard InChI is InChI=1S/C11H15N3/c12-6-1-2-8-14-9-3-4-10-5-7-13-11(10)14/h3-5,7,9H,1-2,6,8,12H2. The summed E-state index contributed by atoms with van der Waals surface area (Å²) in [4.78, 5) is 4.33. The van der Waals surface area contributed by atoms with Crippen molar-refractivity contribution in [3.8, 4) is 11.4 Å². The van der Waals surface area contributed by atoms with Gasteiger partial charge in [0.25, 0.3) is 0 Å². The molecule has 0 bridgehead atoms. The van der Waals surface area contributed by atoms with Crippen molar-refractivity contribution in [3.63, 3.8) is 0 Å². The van der Waals surface area contributed by atoms with Crippen LogP contribution < -0.4 is 5.73 Å². The van der Waals surface area contributed by atoms with Crippen molar-refractivity contribution in [2.24, 2.45) is 5.73 Å². The van der Waals surface area contributed by atoms with Crippen molar-refractivity contribution in [3.05, 3.63) is 30.6 Å². The lowest BCUT2D eigenvalue weighted by Gasteiger charge is -2.10. The number of hydrogen-bond donors (Lipinski definition) is 1. The second kappa shape index (κ2) is 4.24. The van der Waals surface area contributed by atoms with Crippen LogP contribution in [0.5, 0.6) is 0 Å². The van der Waals surface area contributed by atoms with Gasteiger partial charge in [-0.1, -0.05) is 0 Å². The van der Waals surface area contributed by atoms with E-state index < -0.39 is 0 Å². The van der Waals surface area contributed by atoms with Gasteiger partial charge < -0.3 is 10.3 Å². The van der Waals surface area contributed by atoms with Gasteiger partial charge in [-0.15, -0.1) is 0 Å². The Bertz CT molecular complexity index is 367. The fraction of sp³-hybridized carbons (Fsp3) is 0.364. The van der Waals surface area contributed by atoms with Crippen molar-refractivity contribution in [2.45, 2.75) is 19.4 Å². The third kappa shape index (κ3) is 1.77. The second-order valence-corrected chi connectivity index (χ2v) is 3.42. The molecule has 2 heterocycles. The van der Waals surface area contributed by atoms with Crippen LogP contribution in [0, 0.1) is 0 Å². The lowest BCUT2D eigenvalue weighted by atomic mass is 10.2. The van der Waals surface area contributed by atoms with E-state index in [1.165, 1.54) is 5.56 Å². The average Bonchev–Trinajstić information content (AvgIpc) is 2.67. The Kier molecular flexibility index (Phi) is 2.79. The van der Waals surface area contributed by atoms with Gasteiger partial charge in [0.15, 0.2) is 0 Å². The van der Waals surface area contributed by atoms with E-state index in [2.05, 4.69) is 27.9 Å². The molecule has 2 aliphatic rings. The van der Waals surface area contributed by atoms with E-state index >= 15 is 0 Å². The van der Waals surface area contributed by atoms with E-state index in [-0.39, 0.29) is 0 Å². The molecule has 3 nitrogen and oxygen atoms in total. The number of aromatic nitrogens is 2. The molecule has 0 atom stereocenters. The van der Waals surface area contributed by atoms with Gasteiger partial charge in [0, 0.05) is 24.5 Å². The molecule has 0 amide bonds. The van der Waals surface area contributed by atoms with E-state index in [1.54, 1.807) is 0 Å². The molecule has 0 aromatic rings. The summed E-state index contributed by atoms with van der Waals surface area (Å²) in [6.45, 7) is 1.77. The third-order valence-corrected chi connectivity index (χ3v) is 2.38. The zero-order valence-corrected chi connectivity index (χ0v) is 8.19. The molecule has 2 rings (SSSR count). The van der Waals surface area contributed by atoms with E-state index in [0.717, 1.165) is 31.8 Å². The van der Waals surface area contributed by atoms with E-state index in [1.807, 2.05) is 12.3 Å². The molecule has 3 heteroatoms.